The molecule has 2 nitrogen and oxygen atoms in total. The van der Waals surface area contributed by atoms with Crippen LogP contribution in [0.2, 0.25) is 0 Å². The smallest absolute Gasteiger partial charge is 0.344 e. The molecule has 3 unspecified atom stereocenters. The highest BCUT2D eigenvalue weighted by Gasteiger charge is 2.55. The van der Waals surface area contributed by atoms with E-state index in [9.17, 15) is 9.18 Å². The average Bonchev–Trinajstić information content (AvgIpc) is 2.64. The van der Waals surface area contributed by atoms with E-state index in [1.165, 1.54) is 0 Å². The van der Waals surface area contributed by atoms with Crippen molar-refractivity contribution in [2.75, 3.05) is 6.61 Å². The maximum absolute atomic E-state index is 14.1. The molecule has 0 radical (unpaired) electrons. The van der Waals surface area contributed by atoms with Gasteiger partial charge in [0.15, 0.2) is 0 Å². The molecule has 3 atom stereocenters. The molecule has 0 amide bonds. The first-order chi connectivity index (χ1) is 6.16. The van der Waals surface area contributed by atoms with E-state index in [-0.39, 0.29) is 18.4 Å². The molecule has 2 rings (SSSR count). The van der Waals surface area contributed by atoms with Gasteiger partial charge in [-0.3, -0.25) is 0 Å². The molecule has 72 valence electrons. The van der Waals surface area contributed by atoms with Crippen molar-refractivity contribution < 1.29 is 13.9 Å². The fourth-order valence-electron chi connectivity index (χ4n) is 2.28. The summed E-state index contributed by atoms with van der Waals surface area (Å²) >= 11 is 0. The van der Waals surface area contributed by atoms with Crippen molar-refractivity contribution in [1.82, 2.24) is 0 Å². The van der Waals surface area contributed by atoms with Crippen LogP contribution < -0.4 is 0 Å². The lowest BCUT2D eigenvalue weighted by atomic mass is 9.90. The highest BCUT2D eigenvalue weighted by atomic mass is 19.1. The number of rotatable bonds is 2. The molecule has 0 aromatic heterocycles. The fourth-order valence-corrected chi connectivity index (χ4v) is 2.28. The first kappa shape index (κ1) is 8.73. The summed E-state index contributed by atoms with van der Waals surface area (Å²) in [5.74, 6) is -0.664. The summed E-state index contributed by atoms with van der Waals surface area (Å²) in [6.45, 7) is 1.95. The van der Waals surface area contributed by atoms with Crippen LogP contribution in [0.4, 0.5) is 4.39 Å². The van der Waals surface area contributed by atoms with Gasteiger partial charge in [0.1, 0.15) is 0 Å². The van der Waals surface area contributed by atoms with E-state index in [0.717, 1.165) is 6.42 Å². The molecule has 1 fully saturated rings. The molecule has 0 N–H and O–H groups in total. The third kappa shape index (κ3) is 1.18. The maximum atomic E-state index is 14.1. The topological polar surface area (TPSA) is 26.3 Å². The SMILES string of the molecule is CCOC(=O)C1(F)CC2C=CC1C2. The second-order valence-electron chi connectivity index (χ2n) is 3.77. The van der Waals surface area contributed by atoms with E-state index in [4.69, 9.17) is 4.74 Å². The van der Waals surface area contributed by atoms with Gasteiger partial charge in [0.25, 0.3) is 0 Å². The van der Waals surface area contributed by atoms with Crippen LogP contribution in [0.15, 0.2) is 12.2 Å². The van der Waals surface area contributed by atoms with Gasteiger partial charge >= 0.3 is 5.97 Å². The Morgan fingerprint density at radius 2 is 2.46 bits per heavy atom. The highest BCUT2D eigenvalue weighted by molar-refractivity contribution is 5.81. The van der Waals surface area contributed by atoms with Gasteiger partial charge in [-0.25, -0.2) is 9.18 Å². The van der Waals surface area contributed by atoms with Crippen LogP contribution in [0, 0.1) is 11.8 Å². The van der Waals surface area contributed by atoms with Crippen LogP contribution in [0.5, 0.6) is 0 Å². The number of halogens is 1. The monoisotopic (exact) mass is 184 g/mol. The number of hydrogen-bond donors (Lipinski definition) is 0. The van der Waals surface area contributed by atoms with Crippen molar-refractivity contribution in [3.05, 3.63) is 12.2 Å². The van der Waals surface area contributed by atoms with Crippen LogP contribution in [0.25, 0.3) is 0 Å². The zero-order chi connectivity index (χ0) is 9.47. The molecule has 2 aliphatic rings. The molecular weight excluding hydrogens is 171 g/mol. The predicted octanol–water partition coefficient (Wildman–Crippen LogP) is 1.85. The van der Waals surface area contributed by atoms with Gasteiger partial charge in [-0.05, 0) is 25.7 Å². The number of alkyl halides is 1. The minimum Gasteiger partial charge on any atom is -0.464 e. The molecule has 0 aliphatic heterocycles. The summed E-state index contributed by atoms with van der Waals surface area (Å²) in [6, 6.07) is 0. The van der Waals surface area contributed by atoms with Crippen molar-refractivity contribution >= 4 is 5.97 Å². The number of esters is 1. The quantitative estimate of drug-likeness (QED) is 0.483. The third-order valence-electron chi connectivity index (χ3n) is 2.93. The third-order valence-corrected chi connectivity index (χ3v) is 2.93. The summed E-state index contributed by atoms with van der Waals surface area (Å²) in [5.41, 5.74) is -1.73. The van der Waals surface area contributed by atoms with Crippen LogP contribution in [0.3, 0.4) is 0 Å². The van der Waals surface area contributed by atoms with Crippen LogP contribution in [-0.4, -0.2) is 18.2 Å². The Labute approximate surface area is 76.8 Å². The second kappa shape index (κ2) is 2.82. The van der Waals surface area contributed by atoms with Gasteiger partial charge in [0, 0.05) is 5.92 Å². The number of fused-ring (bicyclic) bond motifs is 2. The van der Waals surface area contributed by atoms with Gasteiger partial charge in [-0.2, -0.15) is 0 Å². The number of ether oxygens (including phenoxy) is 1. The summed E-state index contributed by atoms with van der Waals surface area (Å²) in [7, 11) is 0. The van der Waals surface area contributed by atoms with E-state index in [1.54, 1.807) is 6.92 Å². The van der Waals surface area contributed by atoms with Gasteiger partial charge in [-0.1, -0.05) is 12.2 Å². The number of hydrogen-bond acceptors (Lipinski definition) is 2. The van der Waals surface area contributed by atoms with Crippen molar-refractivity contribution in [2.24, 2.45) is 11.8 Å². The molecule has 13 heavy (non-hydrogen) atoms. The van der Waals surface area contributed by atoms with Crippen molar-refractivity contribution in [3.63, 3.8) is 0 Å². The molecule has 2 aliphatic carbocycles. The van der Waals surface area contributed by atoms with Crippen molar-refractivity contribution in [3.8, 4) is 0 Å². The molecule has 3 heteroatoms. The zero-order valence-corrected chi connectivity index (χ0v) is 7.63. The molecule has 0 aromatic carbocycles. The molecular formula is C10H13FO2. The number of allylic oxidation sites excluding steroid dienone is 2. The largest absolute Gasteiger partial charge is 0.464 e. The van der Waals surface area contributed by atoms with E-state index in [1.807, 2.05) is 12.2 Å². The van der Waals surface area contributed by atoms with Crippen LogP contribution >= 0.6 is 0 Å². The Balaban J connectivity index is 2.13. The van der Waals surface area contributed by atoms with Crippen LogP contribution in [0.1, 0.15) is 19.8 Å². The first-order valence-corrected chi connectivity index (χ1v) is 4.71. The Morgan fingerprint density at radius 3 is 2.92 bits per heavy atom. The Hall–Kier alpha value is -0.860. The van der Waals surface area contributed by atoms with Crippen molar-refractivity contribution in [2.45, 2.75) is 25.4 Å². The highest BCUT2D eigenvalue weighted by Crippen LogP contribution is 2.49. The minimum absolute atomic E-state index is 0.239. The molecule has 0 saturated heterocycles. The standard InChI is InChI=1S/C10H13FO2/c1-2-13-9(12)10(11)6-7-3-4-8(10)5-7/h3-4,7-8H,2,5-6H2,1H3. The van der Waals surface area contributed by atoms with Gasteiger partial charge in [0.05, 0.1) is 6.61 Å². The predicted molar refractivity (Wildman–Crippen MR) is 45.8 cm³/mol. The van der Waals surface area contributed by atoms with E-state index < -0.39 is 11.6 Å². The van der Waals surface area contributed by atoms with Gasteiger partial charge < -0.3 is 4.74 Å². The zero-order valence-electron chi connectivity index (χ0n) is 7.63. The number of carbonyl (C=O) groups is 1. The van der Waals surface area contributed by atoms with Gasteiger partial charge in [-0.15, -0.1) is 0 Å². The molecule has 1 saturated carbocycles. The summed E-state index contributed by atoms with van der Waals surface area (Å²) in [6.07, 6.45) is 4.90. The Bertz CT molecular complexity index is 262. The van der Waals surface area contributed by atoms with E-state index in [0.29, 0.717) is 6.42 Å². The Morgan fingerprint density at radius 1 is 1.69 bits per heavy atom. The molecule has 0 aromatic rings. The normalized spacial score (nSPS) is 41.1. The average molecular weight is 184 g/mol. The summed E-state index contributed by atoms with van der Waals surface area (Å²) in [5, 5.41) is 0. The minimum atomic E-state index is -1.73. The lowest BCUT2D eigenvalue weighted by molar-refractivity contribution is -0.159. The Kier molecular flexibility index (Phi) is 1.90. The first-order valence-electron chi connectivity index (χ1n) is 4.71. The number of carbonyl (C=O) groups excluding carboxylic acids is 1. The molecule has 2 bridgehead atoms. The molecule has 0 heterocycles. The second-order valence-corrected chi connectivity index (χ2v) is 3.77. The maximum Gasteiger partial charge on any atom is 0.344 e. The summed E-state index contributed by atoms with van der Waals surface area (Å²) < 4.78 is 18.8. The molecule has 0 spiro atoms. The van der Waals surface area contributed by atoms with Crippen LogP contribution in [-0.2, 0) is 9.53 Å². The van der Waals surface area contributed by atoms with E-state index in [2.05, 4.69) is 0 Å². The van der Waals surface area contributed by atoms with Gasteiger partial charge in [0.2, 0.25) is 5.67 Å². The van der Waals surface area contributed by atoms with E-state index >= 15 is 0 Å². The summed E-state index contributed by atoms with van der Waals surface area (Å²) in [4.78, 5) is 11.3. The fraction of sp³-hybridized carbons (Fsp3) is 0.700. The lowest BCUT2D eigenvalue weighted by Gasteiger charge is -2.24. The lowest BCUT2D eigenvalue weighted by Crippen LogP contribution is -2.39. The van der Waals surface area contributed by atoms with Crippen molar-refractivity contribution in [1.29, 1.82) is 0 Å².